The van der Waals surface area contributed by atoms with Crippen LogP contribution in [0.1, 0.15) is 43.2 Å². The van der Waals surface area contributed by atoms with Crippen LogP contribution in [0.4, 0.5) is 0 Å². The van der Waals surface area contributed by atoms with Gasteiger partial charge < -0.3 is 4.90 Å². The summed E-state index contributed by atoms with van der Waals surface area (Å²) in [6, 6.07) is 2.35. The van der Waals surface area contributed by atoms with Gasteiger partial charge in [-0.05, 0) is 50.9 Å². The highest BCUT2D eigenvalue weighted by atomic mass is 32.1. The predicted molar refractivity (Wildman–Crippen MR) is 76.1 cm³/mol. The van der Waals surface area contributed by atoms with E-state index in [0.29, 0.717) is 0 Å². The Hall–Kier alpha value is -0.420. The maximum absolute atomic E-state index is 5.84. The molecule has 0 fully saturated rings. The molecule has 0 radical (unpaired) electrons. The number of thiophene rings is 1. The van der Waals surface area contributed by atoms with E-state index < -0.39 is 0 Å². The number of rotatable bonds is 6. The number of nitrogens with two attached hydrogens (primary N) is 1. The van der Waals surface area contributed by atoms with Crippen LogP contribution in [-0.2, 0) is 0 Å². The molecule has 0 bridgehead atoms. The number of aryl methyl sites for hydroxylation is 1. The highest BCUT2D eigenvalue weighted by molar-refractivity contribution is 7.10. The fourth-order valence-corrected chi connectivity index (χ4v) is 3.80. The lowest BCUT2D eigenvalue weighted by Crippen LogP contribution is -2.54. The average Bonchev–Trinajstić information content (AvgIpc) is 2.72. The van der Waals surface area contributed by atoms with Gasteiger partial charge >= 0.3 is 0 Å². The average molecular weight is 255 g/mol. The minimum absolute atomic E-state index is 0.0738. The van der Waals surface area contributed by atoms with Crippen LogP contribution < -0.4 is 11.3 Å². The van der Waals surface area contributed by atoms with Crippen molar-refractivity contribution in [2.45, 2.75) is 45.2 Å². The fraction of sp³-hybridized carbons (Fsp3) is 0.692. The first-order valence-corrected chi connectivity index (χ1v) is 7.09. The van der Waals surface area contributed by atoms with Gasteiger partial charge in [-0.25, -0.2) is 0 Å². The molecule has 1 aromatic rings. The number of nitrogens with zero attached hydrogens (tertiary/aromatic N) is 1. The third kappa shape index (κ3) is 2.55. The minimum atomic E-state index is 0.0738. The van der Waals surface area contributed by atoms with Gasteiger partial charge in [0.15, 0.2) is 0 Å². The van der Waals surface area contributed by atoms with E-state index in [1.165, 1.54) is 10.4 Å². The first-order chi connectivity index (χ1) is 8.03. The van der Waals surface area contributed by atoms with Crippen LogP contribution in [0, 0.1) is 6.92 Å². The molecule has 4 heteroatoms. The van der Waals surface area contributed by atoms with Gasteiger partial charge in [-0.2, -0.15) is 0 Å². The molecule has 0 aliphatic rings. The molecule has 0 saturated heterocycles. The van der Waals surface area contributed by atoms with Gasteiger partial charge in [0.2, 0.25) is 0 Å². The predicted octanol–water partition coefficient (Wildman–Crippen LogP) is 2.68. The molecule has 1 atom stereocenters. The van der Waals surface area contributed by atoms with Gasteiger partial charge in [0.05, 0.1) is 6.04 Å². The second kappa shape index (κ2) is 5.96. The molecule has 0 spiro atoms. The molecular weight excluding hydrogens is 230 g/mol. The molecule has 1 rings (SSSR count). The molecule has 98 valence electrons. The standard InChI is InChI=1S/C13H25N3S/c1-6-13(7-2,16(4)5)12(15-14)11-10(3)8-9-17-11/h8-9,12,15H,6-7,14H2,1-5H3. The van der Waals surface area contributed by atoms with Gasteiger partial charge in [0, 0.05) is 10.4 Å². The van der Waals surface area contributed by atoms with Gasteiger partial charge in [-0.1, -0.05) is 13.8 Å². The molecule has 0 aliphatic carbocycles. The van der Waals surface area contributed by atoms with E-state index in [1.54, 1.807) is 11.3 Å². The molecule has 17 heavy (non-hydrogen) atoms. The Balaban J connectivity index is 3.19. The van der Waals surface area contributed by atoms with Crippen LogP contribution in [0.15, 0.2) is 11.4 Å². The van der Waals surface area contributed by atoms with E-state index in [1.807, 2.05) is 0 Å². The number of nitrogens with one attached hydrogen (secondary N) is 1. The topological polar surface area (TPSA) is 41.3 Å². The summed E-state index contributed by atoms with van der Waals surface area (Å²) in [5, 5.41) is 2.14. The Morgan fingerprint density at radius 1 is 1.41 bits per heavy atom. The molecule has 0 saturated carbocycles. The van der Waals surface area contributed by atoms with Crippen molar-refractivity contribution in [1.29, 1.82) is 0 Å². The first kappa shape index (κ1) is 14.6. The van der Waals surface area contributed by atoms with E-state index in [9.17, 15) is 0 Å². The first-order valence-electron chi connectivity index (χ1n) is 6.21. The summed E-state index contributed by atoms with van der Waals surface area (Å²) in [7, 11) is 4.28. The van der Waals surface area contributed by atoms with E-state index in [-0.39, 0.29) is 11.6 Å². The second-order valence-corrected chi connectivity index (χ2v) is 5.72. The van der Waals surface area contributed by atoms with Crippen LogP contribution in [0.3, 0.4) is 0 Å². The maximum atomic E-state index is 5.84. The van der Waals surface area contributed by atoms with E-state index in [0.717, 1.165) is 12.8 Å². The number of hydrogen-bond donors (Lipinski definition) is 2. The molecule has 1 unspecified atom stereocenters. The van der Waals surface area contributed by atoms with Crippen LogP contribution in [-0.4, -0.2) is 24.5 Å². The quantitative estimate of drug-likeness (QED) is 0.606. The largest absolute Gasteiger partial charge is 0.302 e. The maximum Gasteiger partial charge on any atom is 0.0738 e. The fourth-order valence-electron chi connectivity index (χ4n) is 2.70. The van der Waals surface area contributed by atoms with Crippen molar-refractivity contribution in [1.82, 2.24) is 10.3 Å². The Kier molecular flexibility index (Phi) is 5.13. The number of hydrogen-bond acceptors (Lipinski definition) is 4. The van der Waals surface area contributed by atoms with Crippen LogP contribution in [0.5, 0.6) is 0 Å². The van der Waals surface area contributed by atoms with Gasteiger partial charge in [0.25, 0.3) is 0 Å². The van der Waals surface area contributed by atoms with Gasteiger partial charge in [-0.15, -0.1) is 11.3 Å². The van der Waals surface area contributed by atoms with Crippen molar-refractivity contribution in [2.24, 2.45) is 5.84 Å². The lowest BCUT2D eigenvalue weighted by Gasteiger charge is -2.44. The highest BCUT2D eigenvalue weighted by Gasteiger charge is 2.39. The SMILES string of the molecule is CCC(CC)(C(NN)c1sccc1C)N(C)C. The Labute approximate surface area is 109 Å². The summed E-state index contributed by atoms with van der Waals surface area (Å²) in [5.74, 6) is 5.84. The zero-order valence-electron chi connectivity index (χ0n) is 11.6. The Morgan fingerprint density at radius 2 is 2.00 bits per heavy atom. The second-order valence-electron chi connectivity index (χ2n) is 4.77. The van der Waals surface area contributed by atoms with E-state index in [4.69, 9.17) is 5.84 Å². The lowest BCUT2D eigenvalue weighted by molar-refractivity contribution is 0.0895. The smallest absolute Gasteiger partial charge is 0.0738 e. The van der Waals surface area contributed by atoms with Crippen molar-refractivity contribution >= 4 is 11.3 Å². The minimum Gasteiger partial charge on any atom is -0.302 e. The molecule has 1 aromatic heterocycles. The van der Waals surface area contributed by atoms with Crippen LogP contribution >= 0.6 is 11.3 Å². The molecule has 0 aromatic carbocycles. The number of likely N-dealkylation sites (N-methyl/N-ethyl adjacent to an activating group) is 1. The summed E-state index contributed by atoms with van der Waals surface area (Å²) in [6.45, 7) is 6.62. The van der Waals surface area contributed by atoms with Gasteiger partial charge in [0.1, 0.15) is 0 Å². The Morgan fingerprint density at radius 3 is 2.29 bits per heavy atom. The molecule has 1 heterocycles. The zero-order chi connectivity index (χ0) is 13.1. The zero-order valence-corrected chi connectivity index (χ0v) is 12.4. The molecular formula is C13H25N3S. The highest BCUT2D eigenvalue weighted by Crippen LogP contribution is 2.38. The Bertz CT molecular complexity index is 342. The third-order valence-electron chi connectivity index (χ3n) is 3.98. The van der Waals surface area contributed by atoms with Crippen molar-refractivity contribution in [3.63, 3.8) is 0 Å². The lowest BCUT2D eigenvalue weighted by atomic mass is 9.82. The number of hydrazine groups is 1. The van der Waals surface area contributed by atoms with Crippen LogP contribution in [0.25, 0.3) is 0 Å². The summed E-state index contributed by atoms with van der Waals surface area (Å²) in [4.78, 5) is 3.65. The monoisotopic (exact) mass is 255 g/mol. The molecule has 3 nitrogen and oxygen atoms in total. The van der Waals surface area contributed by atoms with Crippen molar-refractivity contribution in [3.05, 3.63) is 21.9 Å². The van der Waals surface area contributed by atoms with Gasteiger partial charge in [-0.3, -0.25) is 11.3 Å². The van der Waals surface area contributed by atoms with Crippen LogP contribution in [0.2, 0.25) is 0 Å². The summed E-state index contributed by atoms with van der Waals surface area (Å²) in [5.41, 5.74) is 4.44. The van der Waals surface area contributed by atoms with E-state index in [2.05, 4.69) is 56.6 Å². The van der Waals surface area contributed by atoms with E-state index >= 15 is 0 Å². The molecule has 0 amide bonds. The van der Waals surface area contributed by atoms with Crippen molar-refractivity contribution < 1.29 is 0 Å². The third-order valence-corrected chi connectivity index (χ3v) is 5.07. The molecule has 3 N–H and O–H groups in total. The van der Waals surface area contributed by atoms with Crippen molar-refractivity contribution in [3.8, 4) is 0 Å². The summed E-state index contributed by atoms with van der Waals surface area (Å²) in [6.07, 6.45) is 2.14. The van der Waals surface area contributed by atoms with Crippen molar-refractivity contribution in [2.75, 3.05) is 14.1 Å². The molecule has 0 aliphatic heterocycles. The summed E-state index contributed by atoms with van der Waals surface area (Å²) < 4.78 is 0. The summed E-state index contributed by atoms with van der Waals surface area (Å²) >= 11 is 1.79. The normalized spacial score (nSPS) is 14.3.